The molecule has 3 aromatic rings. The molecule has 3 nitrogen and oxygen atoms in total. The van der Waals surface area contributed by atoms with Gasteiger partial charge in [-0.3, -0.25) is 4.79 Å². The maximum atomic E-state index is 12.2. The number of allylic oxidation sites excluding steroid dienone is 2. The van der Waals surface area contributed by atoms with Crippen molar-refractivity contribution >= 4 is 11.0 Å². The van der Waals surface area contributed by atoms with E-state index in [4.69, 9.17) is 4.42 Å². The van der Waals surface area contributed by atoms with Crippen molar-refractivity contribution in [2.24, 2.45) is 0 Å². The molecule has 0 saturated heterocycles. The molecular formula is C20H18O3. The topological polar surface area (TPSA) is 50.4 Å². The normalized spacial score (nSPS) is 10.7. The Morgan fingerprint density at radius 1 is 1.13 bits per heavy atom. The van der Waals surface area contributed by atoms with Gasteiger partial charge in [0.25, 0.3) is 0 Å². The molecule has 2 aromatic carbocycles. The van der Waals surface area contributed by atoms with Crippen molar-refractivity contribution in [3.05, 3.63) is 76.0 Å². The van der Waals surface area contributed by atoms with Crippen molar-refractivity contribution in [1.82, 2.24) is 0 Å². The van der Waals surface area contributed by atoms with Gasteiger partial charge < -0.3 is 9.52 Å². The van der Waals surface area contributed by atoms with E-state index in [2.05, 4.69) is 6.08 Å². The Morgan fingerprint density at radius 2 is 1.91 bits per heavy atom. The third kappa shape index (κ3) is 3.19. The Morgan fingerprint density at radius 3 is 2.70 bits per heavy atom. The smallest absolute Gasteiger partial charge is 0.193 e. The molecule has 0 aliphatic carbocycles. The minimum Gasteiger partial charge on any atom is -0.508 e. The summed E-state index contributed by atoms with van der Waals surface area (Å²) in [5.41, 5.74) is 3.27. The van der Waals surface area contributed by atoms with Crippen LogP contribution >= 0.6 is 0 Å². The van der Waals surface area contributed by atoms with Crippen molar-refractivity contribution in [2.75, 3.05) is 0 Å². The van der Waals surface area contributed by atoms with E-state index in [9.17, 15) is 9.90 Å². The molecule has 0 spiro atoms. The molecule has 116 valence electrons. The van der Waals surface area contributed by atoms with Crippen LogP contribution in [0.3, 0.4) is 0 Å². The first-order valence-corrected chi connectivity index (χ1v) is 7.53. The Kier molecular flexibility index (Phi) is 4.02. The van der Waals surface area contributed by atoms with Gasteiger partial charge in [0.2, 0.25) is 0 Å². The number of phenols is 1. The molecule has 0 aliphatic heterocycles. The van der Waals surface area contributed by atoms with Gasteiger partial charge in [-0.2, -0.15) is 0 Å². The Bertz CT molecular complexity index is 945. The second-order valence-corrected chi connectivity index (χ2v) is 5.80. The second kappa shape index (κ2) is 6.13. The van der Waals surface area contributed by atoms with Gasteiger partial charge in [0, 0.05) is 11.6 Å². The molecule has 0 amide bonds. The quantitative estimate of drug-likeness (QED) is 0.715. The molecule has 0 aliphatic rings. The average Bonchev–Trinajstić information content (AvgIpc) is 2.54. The van der Waals surface area contributed by atoms with Crippen LogP contribution in [0.1, 0.15) is 19.4 Å². The summed E-state index contributed by atoms with van der Waals surface area (Å²) in [4.78, 5) is 12.2. The number of aromatic hydroxyl groups is 1. The molecule has 1 N–H and O–H groups in total. The number of fused-ring (bicyclic) bond motifs is 1. The van der Waals surface area contributed by atoms with E-state index >= 15 is 0 Å². The summed E-state index contributed by atoms with van der Waals surface area (Å²) in [5, 5.41) is 10.6. The van der Waals surface area contributed by atoms with Gasteiger partial charge in [-0.1, -0.05) is 23.8 Å². The lowest BCUT2D eigenvalue weighted by Crippen LogP contribution is -2.00. The number of hydrogen-bond acceptors (Lipinski definition) is 3. The van der Waals surface area contributed by atoms with Gasteiger partial charge in [0.1, 0.15) is 17.1 Å². The zero-order valence-corrected chi connectivity index (χ0v) is 13.2. The molecule has 23 heavy (non-hydrogen) atoms. The summed E-state index contributed by atoms with van der Waals surface area (Å²) >= 11 is 0. The van der Waals surface area contributed by atoms with Gasteiger partial charge in [-0.15, -0.1) is 0 Å². The maximum Gasteiger partial charge on any atom is 0.193 e. The van der Waals surface area contributed by atoms with E-state index in [1.54, 1.807) is 24.3 Å². The van der Waals surface area contributed by atoms with Crippen molar-refractivity contribution in [1.29, 1.82) is 0 Å². The van der Waals surface area contributed by atoms with Crippen LogP contribution in [0.4, 0.5) is 0 Å². The highest BCUT2D eigenvalue weighted by Gasteiger charge is 2.09. The van der Waals surface area contributed by atoms with Crippen molar-refractivity contribution < 1.29 is 9.52 Å². The molecule has 0 bridgehead atoms. The van der Waals surface area contributed by atoms with Gasteiger partial charge >= 0.3 is 0 Å². The van der Waals surface area contributed by atoms with E-state index in [0.717, 1.165) is 11.1 Å². The van der Waals surface area contributed by atoms with Crippen LogP contribution in [-0.2, 0) is 6.42 Å². The van der Waals surface area contributed by atoms with Gasteiger partial charge in [0.15, 0.2) is 5.43 Å². The van der Waals surface area contributed by atoms with Crippen LogP contribution < -0.4 is 5.43 Å². The fraction of sp³-hybridized carbons (Fsp3) is 0.150. The predicted octanol–water partition coefficient (Wildman–Crippen LogP) is 4.67. The summed E-state index contributed by atoms with van der Waals surface area (Å²) in [6.07, 6.45) is 2.69. The Labute approximate surface area is 134 Å². The van der Waals surface area contributed by atoms with Crippen LogP contribution in [-0.4, -0.2) is 5.11 Å². The van der Waals surface area contributed by atoms with Crippen LogP contribution in [0.5, 0.6) is 5.75 Å². The highest BCUT2D eigenvalue weighted by atomic mass is 16.3. The summed E-state index contributed by atoms with van der Waals surface area (Å²) < 4.78 is 5.85. The van der Waals surface area contributed by atoms with Crippen molar-refractivity contribution in [3.63, 3.8) is 0 Å². The lowest BCUT2D eigenvalue weighted by atomic mass is 10.0. The molecule has 3 heteroatoms. The average molecular weight is 306 g/mol. The Balaban J connectivity index is 2.10. The van der Waals surface area contributed by atoms with Gasteiger partial charge in [0.05, 0.1) is 5.39 Å². The number of phenolic OH excluding ortho intramolecular Hbond substituents is 1. The zero-order valence-electron chi connectivity index (χ0n) is 13.2. The monoisotopic (exact) mass is 306 g/mol. The minimum absolute atomic E-state index is 0.0687. The third-order valence-corrected chi connectivity index (χ3v) is 3.73. The molecular weight excluding hydrogens is 288 g/mol. The van der Waals surface area contributed by atoms with E-state index < -0.39 is 0 Å². The molecule has 0 saturated carbocycles. The third-order valence-electron chi connectivity index (χ3n) is 3.73. The first-order valence-electron chi connectivity index (χ1n) is 7.53. The Hall–Kier alpha value is -2.81. The number of benzene rings is 2. The molecule has 0 atom stereocenters. The molecule has 3 rings (SSSR count). The fourth-order valence-electron chi connectivity index (χ4n) is 2.46. The fourth-order valence-corrected chi connectivity index (χ4v) is 2.46. The van der Waals surface area contributed by atoms with E-state index in [1.165, 1.54) is 11.6 Å². The molecule has 1 aromatic heterocycles. The lowest BCUT2D eigenvalue weighted by Gasteiger charge is -2.07. The van der Waals surface area contributed by atoms with Gasteiger partial charge in [-0.25, -0.2) is 0 Å². The molecule has 0 radical (unpaired) electrons. The predicted molar refractivity (Wildman–Crippen MR) is 92.7 cm³/mol. The van der Waals surface area contributed by atoms with Crippen LogP contribution in [0.25, 0.3) is 22.3 Å². The van der Waals surface area contributed by atoms with E-state index in [-0.39, 0.29) is 11.2 Å². The number of rotatable bonds is 3. The first kappa shape index (κ1) is 15.1. The molecule has 1 heterocycles. The van der Waals surface area contributed by atoms with Crippen molar-refractivity contribution in [2.45, 2.75) is 20.3 Å². The summed E-state index contributed by atoms with van der Waals surface area (Å²) in [5.74, 6) is 0.751. The standard InChI is InChI=1S/C20H18O3/c1-13(2)7-8-14-11-15(9-10-17(14)21)20-12-18(22)16-5-3-4-6-19(16)23-20/h3-7,9-12,21H,8H2,1-2H3. The van der Waals surface area contributed by atoms with Gasteiger partial charge in [-0.05, 0) is 56.2 Å². The highest BCUT2D eigenvalue weighted by Crippen LogP contribution is 2.27. The summed E-state index contributed by atoms with van der Waals surface area (Å²) in [6.45, 7) is 4.03. The van der Waals surface area contributed by atoms with Crippen LogP contribution in [0, 0.1) is 0 Å². The highest BCUT2D eigenvalue weighted by molar-refractivity contribution is 5.78. The molecule has 0 fully saturated rings. The first-order chi connectivity index (χ1) is 11.0. The number of hydrogen-bond donors (Lipinski definition) is 1. The van der Waals surface area contributed by atoms with Crippen molar-refractivity contribution in [3.8, 4) is 17.1 Å². The number of para-hydroxylation sites is 1. The van der Waals surface area contributed by atoms with Crippen LogP contribution in [0.2, 0.25) is 0 Å². The minimum atomic E-state index is -0.0687. The molecule has 0 unspecified atom stereocenters. The maximum absolute atomic E-state index is 12.2. The summed E-state index contributed by atoms with van der Waals surface area (Å²) in [7, 11) is 0. The van der Waals surface area contributed by atoms with E-state index in [0.29, 0.717) is 23.2 Å². The largest absolute Gasteiger partial charge is 0.508 e. The zero-order chi connectivity index (χ0) is 16.4. The lowest BCUT2D eigenvalue weighted by molar-refractivity contribution is 0.469. The SMILES string of the molecule is CC(C)=CCc1cc(-c2cc(=O)c3ccccc3o2)ccc1O. The van der Waals surface area contributed by atoms with Crippen LogP contribution in [0.15, 0.2) is 69.4 Å². The summed E-state index contributed by atoms with van der Waals surface area (Å²) in [6, 6.07) is 13.9. The van der Waals surface area contributed by atoms with E-state index in [1.807, 2.05) is 32.0 Å². The second-order valence-electron chi connectivity index (χ2n) is 5.80.